The number of carboxylic acids is 1. The van der Waals surface area contributed by atoms with Gasteiger partial charge in [-0.15, -0.1) is 5.10 Å². The molecule has 3 unspecified atom stereocenters. The maximum atomic E-state index is 13.3. The summed E-state index contributed by atoms with van der Waals surface area (Å²) in [5.41, 5.74) is -0.805. The highest BCUT2D eigenvalue weighted by molar-refractivity contribution is 6.00. The fourth-order valence-corrected chi connectivity index (χ4v) is 5.23. The molecule has 0 radical (unpaired) electrons. The van der Waals surface area contributed by atoms with Crippen molar-refractivity contribution in [1.82, 2.24) is 15.0 Å². The molecule has 4 aromatic rings. The van der Waals surface area contributed by atoms with Crippen molar-refractivity contribution in [1.29, 1.82) is 0 Å². The summed E-state index contributed by atoms with van der Waals surface area (Å²) in [7, 11) is 0. The molecule has 0 aliphatic heterocycles. The van der Waals surface area contributed by atoms with Crippen LogP contribution in [0.15, 0.2) is 71.5 Å². The average Bonchev–Trinajstić information content (AvgIpc) is 3.37. The molecule has 0 bridgehead atoms. The van der Waals surface area contributed by atoms with Gasteiger partial charge in [-0.3, -0.25) is 14.4 Å². The van der Waals surface area contributed by atoms with Gasteiger partial charge >= 0.3 is 12.1 Å². The van der Waals surface area contributed by atoms with Crippen molar-refractivity contribution < 1.29 is 37.0 Å². The van der Waals surface area contributed by atoms with E-state index in [4.69, 9.17) is 4.74 Å². The monoisotopic (exact) mass is 569 g/mol. The minimum absolute atomic E-state index is 0.0152. The minimum Gasteiger partial charge on any atom is -0.489 e. The van der Waals surface area contributed by atoms with E-state index in [0.29, 0.717) is 23.8 Å². The second-order valence-electron chi connectivity index (χ2n) is 9.92. The zero-order valence-corrected chi connectivity index (χ0v) is 21.3. The van der Waals surface area contributed by atoms with Crippen LogP contribution in [0, 0.1) is 23.6 Å². The number of fused-ring (bicyclic) bond motifs is 1. The topological polar surface area (TPSA) is 111 Å². The number of hydrogen-bond donors (Lipinski definition) is 1. The van der Waals surface area contributed by atoms with Crippen LogP contribution < -0.4 is 10.3 Å². The maximum Gasteiger partial charge on any atom is 0.416 e. The molecule has 0 amide bonds. The van der Waals surface area contributed by atoms with Gasteiger partial charge in [0.15, 0.2) is 5.78 Å². The summed E-state index contributed by atoms with van der Waals surface area (Å²) >= 11 is 0. The molecule has 3 atom stereocenters. The third-order valence-electron chi connectivity index (χ3n) is 7.33. The number of benzene rings is 3. The Balaban J connectivity index is 1.30. The number of carboxylic acid groups (broad SMARTS) is 1. The predicted octanol–water partition coefficient (Wildman–Crippen LogP) is 5.14. The second-order valence-corrected chi connectivity index (χ2v) is 9.92. The Morgan fingerprint density at radius 3 is 2.37 bits per heavy atom. The molecule has 212 valence electrons. The van der Waals surface area contributed by atoms with E-state index in [2.05, 4.69) is 10.3 Å². The lowest BCUT2D eigenvalue weighted by molar-refractivity contribution is -0.144. The number of carbonyl (C=O) groups excluding carboxylic acids is 1. The van der Waals surface area contributed by atoms with Crippen molar-refractivity contribution >= 4 is 22.7 Å². The number of aromatic nitrogens is 3. The van der Waals surface area contributed by atoms with Gasteiger partial charge in [0.25, 0.3) is 5.56 Å². The quantitative estimate of drug-likeness (QED) is 0.231. The third kappa shape index (κ3) is 5.96. The number of ether oxygens (including phenoxy) is 1. The lowest BCUT2D eigenvalue weighted by Gasteiger charge is -2.20. The molecule has 1 heterocycles. The molecule has 0 spiro atoms. The average molecular weight is 570 g/mol. The van der Waals surface area contributed by atoms with Gasteiger partial charge in [-0.1, -0.05) is 17.3 Å². The molecule has 3 aromatic carbocycles. The standard InChI is InChI=1S/C29H23F4N3O5/c30-20-7-1-16(2-8-20)15-41-21-9-3-17(4-10-21)26(37)22-11-5-18(25(22)28(39)40)14-36-27(38)23-13-19(29(31,32)33)6-12-24(23)34-35-36/h1-4,6-10,12-13,18,22,25H,5,11,14-15H2,(H,39,40). The highest BCUT2D eigenvalue weighted by Gasteiger charge is 2.45. The van der Waals surface area contributed by atoms with Crippen LogP contribution in [0.4, 0.5) is 17.6 Å². The Kier molecular flexibility index (Phi) is 7.57. The Morgan fingerprint density at radius 1 is 1.00 bits per heavy atom. The molecular weight excluding hydrogens is 546 g/mol. The second kappa shape index (κ2) is 11.1. The van der Waals surface area contributed by atoms with Crippen LogP contribution in [0.2, 0.25) is 0 Å². The van der Waals surface area contributed by atoms with Crippen molar-refractivity contribution in [3.63, 3.8) is 0 Å². The van der Waals surface area contributed by atoms with Crippen molar-refractivity contribution in [3.8, 4) is 5.75 Å². The maximum absolute atomic E-state index is 13.3. The molecule has 12 heteroatoms. The largest absolute Gasteiger partial charge is 0.489 e. The van der Waals surface area contributed by atoms with Crippen LogP contribution in [0.25, 0.3) is 10.9 Å². The fraction of sp³-hybridized carbons (Fsp3) is 0.276. The molecule has 1 aromatic heterocycles. The van der Waals surface area contributed by atoms with E-state index in [-0.39, 0.29) is 42.1 Å². The van der Waals surface area contributed by atoms with Gasteiger partial charge in [0.2, 0.25) is 0 Å². The highest BCUT2D eigenvalue weighted by Crippen LogP contribution is 2.40. The molecule has 1 aliphatic rings. The van der Waals surface area contributed by atoms with Crippen LogP contribution in [-0.2, 0) is 24.1 Å². The Hall–Kier alpha value is -4.61. The van der Waals surface area contributed by atoms with E-state index in [1.807, 2.05) is 0 Å². The Morgan fingerprint density at radius 2 is 1.71 bits per heavy atom. The molecule has 41 heavy (non-hydrogen) atoms. The summed E-state index contributed by atoms with van der Waals surface area (Å²) in [6.45, 7) is -0.0254. The van der Waals surface area contributed by atoms with Gasteiger partial charge in [0.05, 0.1) is 23.4 Å². The van der Waals surface area contributed by atoms with E-state index in [1.165, 1.54) is 24.3 Å². The van der Waals surface area contributed by atoms with E-state index < -0.39 is 41.0 Å². The van der Waals surface area contributed by atoms with Gasteiger partial charge < -0.3 is 9.84 Å². The minimum atomic E-state index is -4.66. The Bertz CT molecular complexity index is 1650. The summed E-state index contributed by atoms with van der Waals surface area (Å²) in [5, 5.41) is 17.3. The number of halogens is 4. The number of hydrogen-bond acceptors (Lipinski definition) is 6. The highest BCUT2D eigenvalue weighted by atomic mass is 19.4. The lowest BCUT2D eigenvalue weighted by atomic mass is 9.84. The summed E-state index contributed by atoms with van der Waals surface area (Å²) < 4.78 is 59.1. The number of ketones is 1. The predicted molar refractivity (Wildman–Crippen MR) is 138 cm³/mol. The third-order valence-corrected chi connectivity index (χ3v) is 7.33. The number of Topliss-reactive ketones (excluding diaryl/α,β-unsaturated/α-hetero) is 1. The number of carbonyl (C=O) groups is 2. The molecule has 0 saturated heterocycles. The first-order valence-electron chi connectivity index (χ1n) is 12.7. The normalized spacial score (nSPS) is 18.9. The SMILES string of the molecule is O=C(c1ccc(OCc2ccc(F)cc2)cc1)C1CCC(Cn2nnc3ccc(C(F)(F)F)cc3c2=O)C1C(=O)O. The Labute approximate surface area is 230 Å². The van der Waals surface area contributed by atoms with Crippen molar-refractivity contribution in [2.45, 2.75) is 32.2 Å². The molecule has 5 rings (SSSR count). The van der Waals surface area contributed by atoms with E-state index >= 15 is 0 Å². The van der Waals surface area contributed by atoms with Crippen molar-refractivity contribution in [2.75, 3.05) is 0 Å². The number of alkyl halides is 3. The first-order chi connectivity index (χ1) is 19.5. The molecule has 1 aliphatic carbocycles. The zero-order chi connectivity index (χ0) is 29.3. The van der Waals surface area contributed by atoms with Gasteiger partial charge in [-0.2, -0.15) is 13.2 Å². The number of aliphatic carboxylic acids is 1. The van der Waals surface area contributed by atoms with E-state index in [9.17, 15) is 37.1 Å². The van der Waals surface area contributed by atoms with Crippen LogP contribution >= 0.6 is 0 Å². The smallest absolute Gasteiger partial charge is 0.416 e. The van der Waals surface area contributed by atoms with Crippen LogP contribution in [0.1, 0.15) is 34.3 Å². The van der Waals surface area contributed by atoms with Crippen LogP contribution in [-0.4, -0.2) is 31.9 Å². The summed E-state index contributed by atoms with van der Waals surface area (Å²) in [6.07, 6.45) is -4.12. The first kappa shape index (κ1) is 27.9. The molecule has 1 N–H and O–H groups in total. The van der Waals surface area contributed by atoms with Gasteiger partial charge in [-0.05, 0) is 78.9 Å². The number of nitrogens with zero attached hydrogens (tertiary/aromatic N) is 3. The van der Waals surface area contributed by atoms with Crippen molar-refractivity contribution in [2.24, 2.45) is 17.8 Å². The molecule has 8 nitrogen and oxygen atoms in total. The van der Waals surface area contributed by atoms with Gasteiger partial charge in [0, 0.05) is 11.5 Å². The summed E-state index contributed by atoms with van der Waals surface area (Å²) in [4.78, 5) is 38.5. The fourth-order valence-electron chi connectivity index (χ4n) is 5.23. The van der Waals surface area contributed by atoms with Gasteiger partial charge in [-0.25, -0.2) is 9.07 Å². The van der Waals surface area contributed by atoms with Crippen molar-refractivity contribution in [3.05, 3.63) is 99.6 Å². The first-order valence-corrected chi connectivity index (χ1v) is 12.7. The molecule has 1 saturated carbocycles. The molecule has 1 fully saturated rings. The molecular formula is C29H23F4N3O5. The van der Waals surface area contributed by atoms with Crippen LogP contribution in [0.5, 0.6) is 5.75 Å². The van der Waals surface area contributed by atoms with Gasteiger partial charge in [0.1, 0.15) is 23.7 Å². The zero-order valence-electron chi connectivity index (χ0n) is 21.3. The number of rotatable bonds is 8. The summed E-state index contributed by atoms with van der Waals surface area (Å²) in [6, 6.07) is 14.6. The lowest BCUT2D eigenvalue weighted by Crippen LogP contribution is -2.34. The van der Waals surface area contributed by atoms with Crippen LogP contribution in [0.3, 0.4) is 0 Å². The van der Waals surface area contributed by atoms with E-state index in [1.54, 1.807) is 24.3 Å². The van der Waals surface area contributed by atoms with E-state index in [0.717, 1.165) is 22.4 Å². The summed E-state index contributed by atoms with van der Waals surface area (Å²) in [5.74, 6) is -4.17.